The molecule has 0 unspecified atom stereocenters. The van der Waals surface area contributed by atoms with Crippen LogP contribution in [0.3, 0.4) is 0 Å². The van der Waals surface area contributed by atoms with E-state index < -0.39 is 5.63 Å². The van der Waals surface area contributed by atoms with Crippen molar-refractivity contribution in [2.45, 2.75) is 11.3 Å². The Balaban J connectivity index is 1.84. The number of rotatable bonds is 3. The highest BCUT2D eigenvalue weighted by Gasteiger charge is 2.28. The average Bonchev–Trinajstić information content (AvgIpc) is 2.97. The van der Waals surface area contributed by atoms with Crippen molar-refractivity contribution in [3.05, 3.63) is 106 Å². The summed E-state index contributed by atoms with van der Waals surface area (Å²) in [4.78, 5) is 16.0. The molecule has 3 aromatic carbocycles. The normalized spacial score (nSPS) is 12.6. The predicted molar refractivity (Wildman–Crippen MR) is 125 cm³/mol. The van der Waals surface area contributed by atoms with Crippen molar-refractivity contribution in [1.29, 1.82) is 0 Å². The van der Waals surface area contributed by atoms with Crippen LogP contribution in [-0.4, -0.2) is 5.75 Å². The predicted octanol–water partition coefficient (Wildman–Crippen LogP) is 7.08. The number of hydrogen-bond donors (Lipinski definition) is 0. The molecule has 5 heteroatoms. The van der Waals surface area contributed by atoms with Crippen LogP contribution >= 0.6 is 23.4 Å². The zero-order valence-corrected chi connectivity index (χ0v) is 17.6. The van der Waals surface area contributed by atoms with E-state index in [1.807, 2.05) is 78.9 Å². The second-order valence-electron chi connectivity index (χ2n) is 6.96. The molecule has 0 radical (unpaired) electrons. The second kappa shape index (κ2) is 8.05. The Labute approximate surface area is 183 Å². The molecule has 0 bridgehead atoms. The Morgan fingerprint density at radius 3 is 2.10 bits per heavy atom. The van der Waals surface area contributed by atoms with Crippen LogP contribution in [0.25, 0.3) is 11.3 Å². The Bertz CT molecular complexity index is 1220. The van der Waals surface area contributed by atoms with Crippen LogP contribution in [0.4, 0.5) is 17.1 Å². The maximum absolute atomic E-state index is 12.9. The molecule has 3 nitrogen and oxygen atoms in total. The highest BCUT2D eigenvalue weighted by Crippen LogP contribution is 2.46. The molecule has 4 aromatic rings. The van der Waals surface area contributed by atoms with Crippen LogP contribution in [0.5, 0.6) is 0 Å². The first-order valence-corrected chi connectivity index (χ1v) is 11.1. The zero-order valence-electron chi connectivity index (χ0n) is 16.0. The molecule has 0 saturated heterocycles. The summed E-state index contributed by atoms with van der Waals surface area (Å²) in [5.74, 6) is 1.48. The van der Waals surface area contributed by atoms with Gasteiger partial charge >= 0.3 is 5.63 Å². The first-order valence-electron chi connectivity index (χ1n) is 9.72. The zero-order chi connectivity index (χ0) is 20.5. The van der Waals surface area contributed by atoms with E-state index in [0.29, 0.717) is 11.4 Å². The van der Waals surface area contributed by atoms with Crippen molar-refractivity contribution in [3.63, 3.8) is 0 Å². The molecule has 0 N–H and O–H groups in total. The average molecular weight is 432 g/mol. The molecule has 0 fully saturated rings. The monoisotopic (exact) mass is 431 g/mol. The fraction of sp³-hybridized carbons (Fsp3) is 0.0800. The van der Waals surface area contributed by atoms with E-state index in [1.54, 1.807) is 11.8 Å². The summed E-state index contributed by atoms with van der Waals surface area (Å²) in [7, 11) is 0. The van der Waals surface area contributed by atoms with Gasteiger partial charge in [-0.2, -0.15) is 0 Å². The van der Waals surface area contributed by atoms with E-state index in [0.717, 1.165) is 39.6 Å². The molecule has 1 aromatic heterocycles. The van der Waals surface area contributed by atoms with Crippen molar-refractivity contribution >= 4 is 40.4 Å². The smallest absolute Gasteiger partial charge is 0.357 e. The van der Waals surface area contributed by atoms with Gasteiger partial charge in [0.05, 0.1) is 5.69 Å². The van der Waals surface area contributed by atoms with E-state index in [9.17, 15) is 4.79 Å². The lowest BCUT2D eigenvalue weighted by Crippen LogP contribution is -2.17. The lowest BCUT2D eigenvalue weighted by Gasteiger charge is -2.28. The van der Waals surface area contributed by atoms with Crippen LogP contribution in [0.2, 0.25) is 5.02 Å². The van der Waals surface area contributed by atoms with Crippen molar-refractivity contribution in [1.82, 2.24) is 0 Å². The maximum atomic E-state index is 12.9. The van der Waals surface area contributed by atoms with Gasteiger partial charge in [-0.3, -0.25) is 0 Å². The maximum Gasteiger partial charge on any atom is 0.357 e. The van der Waals surface area contributed by atoms with E-state index in [2.05, 4.69) is 11.0 Å². The van der Waals surface area contributed by atoms with Gasteiger partial charge in [0.2, 0.25) is 0 Å². The number of halogens is 1. The first-order chi connectivity index (χ1) is 14.7. The third-order valence-electron chi connectivity index (χ3n) is 5.14. The highest BCUT2D eigenvalue weighted by molar-refractivity contribution is 7.99. The number of hydrogen-bond acceptors (Lipinski definition) is 4. The molecule has 0 spiro atoms. The van der Waals surface area contributed by atoms with Crippen LogP contribution in [-0.2, 0) is 6.42 Å². The molecule has 0 atom stereocenters. The van der Waals surface area contributed by atoms with Gasteiger partial charge in [0.1, 0.15) is 5.76 Å². The molecule has 148 valence electrons. The van der Waals surface area contributed by atoms with E-state index >= 15 is 0 Å². The minimum atomic E-state index is -0.524. The number of nitrogens with zero attached hydrogens (tertiary/aromatic N) is 1. The molecular weight excluding hydrogens is 414 g/mol. The van der Waals surface area contributed by atoms with Crippen LogP contribution in [0, 0.1) is 0 Å². The number of anilines is 3. The molecule has 2 heterocycles. The van der Waals surface area contributed by atoms with Gasteiger partial charge in [-0.1, -0.05) is 66.2 Å². The topological polar surface area (TPSA) is 33.5 Å². The third kappa shape index (κ3) is 3.32. The summed E-state index contributed by atoms with van der Waals surface area (Å²) in [5, 5.41) is 0.103. The lowest BCUT2D eigenvalue weighted by atomic mass is 10.0. The number of thioether (sulfide) groups is 1. The molecule has 1 aliphatic rings. The SMILES string of the molecule is O=c1oc2c(c(N(c3ccccc3)c3ccccc3)c1Cl)CCSc1ccccc1-2. The molecule has 0 saturated carbocycles. The largest absolute Gasteiger partial charge is 0.421 e. The summed E-state index contributed by atoms with van der Waals surface area (Å²) >= 11 is 8.42. The second-order valence-corrected chi connectivity index (χ2v) is 8.48. The number of para-hydroxylation sites is 2. The lowest BCUT2D eigenvalue weighted by molar-refractivity contribution is 0.520. The van der Waals surface area contributed by atoms with Gasteiger partial charge in [-0.05, 0) is 36.8 Å². The Kier molecular flexibility index (Phi) is 5.11. The van der Waals surface area contributed by atoms with Crippen molar-refractivity contribution in [2.75, 3.05) is 10.7 Å². The van der Waals surface area contributed by atoms with Crippen LogP contribution in [0.15, 0.2) is 99.0 Å². The Hall–Kier alpha value is -2.95. The van der Waals surface area contributed by atoms with Gasteiger partial charge in [-0.25, -0.2) is 4.79 Å². The summed E-state index contributed by atoms with van der Waals surface area (Å²) < 4.78 is 5.77. The molecule has 0 amide bonds. The van der Waals surface area contributed by atoms with E-state index in [-0.39, 0.29) is 5.02 Å². The Morgan fingerprint density at radius 2 is 1.43 bits per heavy atom. The van der Waals surface area contributed by atoms with Gasteiger partial charge in [-0.15, -0.1) is 11.8 Å². The summed E-state index contributed by atoms with van der Waals surface area (Å²) in [6.07, 6.45) is 0.740. The molecule has 0 aliphatic carbocycles. The fourth-order valence-electron chi connectivity index (χ4n) is 3.82. The third-order valence-corrected chi connectivity index (χ3v) is 6.54. The van der Waals surface area contributed by atoms with Gasteiger partial charge in [0.25, 0.3) is 0 Å². The number of fused-ring (bicyclic) bond motifs is 3. The molecular formula is C25H18ClNO2S. The van der Waals surface area contributed by atoms with Crippen molar-refractivity contribution in [2.24, 2.45) is 0 Å². The molecule has 5 rings (SSSR count). The molecule has 1 aliphatic heterocycles. The van der Waals surface area contributed by atoms with Crippen LogP contribution in [0.1, 0.15) is 5.56 Å². The van der Waals surface area contributed by atoms with Crippen molar-refractivity contribution in [3.8, 4) is 11.3 Å². The molecule has 30 heavy (non-hydrogen) atoms. The quantitative estimate of drug-likeness (QED) is 0.347. The van der Waals surface area contributed by atoms with Crippen LogP contribution < -0.4 is 10.5 Å². The van der Waals surface area contributed by atoms with E-state index in [4.69, 9.17) is 16.0 Å². The van der Waals surface area contributed by atoms with Gasteiger partial charge < -0.3 is 9.32 Å². The van der Waals surface area contributed by atoms with E-state index in [1.165, 1.54) is 0 Å². The summed E-state index contributed by atoms with van der Waals surface area (Å²) in [5.41, 5.74) is 3.92. The number of benzene rings is 3. The first kappa shape index (κ1) is 19.0. The van der Waals surface area contributed by atoms with Crippen molar-refractivity contribution < 1.29 is 4.42 Å². The minimum absolute atomic E-state index is 0.103. The standard InChI is InChI=1S/C25H18ClNO2S/c26-22-23(27(17-9-3-1-4-10-17)18-11-5-2-6-12-18)20-15-16-30-21-14-8-7-13-19(21)24(20)29-25(22)28/h1-14H,15-16H2. The Morgan fingerprint density at radius 1 is 0.833 bits per heavy atom. The summed E-state index contributed by atoms with van der Waals surface area (Å²) in [6.45, 7) is 0. The van der Waals surface area contributed by atoms with Gasteiger partial charge in [0, 0.05) is 33.2 Å². The highest BCUT2D eigenvalue weighted by atomic mass is 35.5. The minimum Gasteiger partial charge on any atom is -0.421 e. The van der Waals surface area contributed by atoms with Gasteiger partial charge in [0.15, 0.2) is 5.02 Å². The summed E-state index contributed by atoms with van der Waals surface area (Å²) in [6, 6.07) is 28.0. The fourth-order valence-corrected chi connectivity index (χ4v) is 5.08.